The Hall–Kier alpha value is -2.60. The van der Waals surface area contributed by atoms with Gasteiger partial charge in [-0.2, -0.15) is 0 Å². The first-order chi connectivity index (χ1) is 11.2. The predicted octanol–water partition coefficient (Wildman–Crippen LogP) is 3.90. The van der Waals surface area contributed by atoms with Gasteiger partial charge in [0.25, 0.3) is 0 Å². The zero-order chi connectivity index (χ0) is 16.2. The maximum atomic E-state index is 12.2. The van der Waals surface area contributed by atoms with Crippen molar-refractivity contribution in [1.82, 2.24) is 4.98 Å². The molecule has 0 aliphatic heterocycles. The number of carbonyl (C=O) groups excluding carboxylic acids is 1. The van der Waals surface area contributed by atoms with Gasteiger partial charge < -0.3 is 14.5 Å². The summed E-state index contributed by atoms with van der Waals surface area (Å²) in [7, 11) is 1.60. The molecule has 0 saturated heterocycles. The average Bonchev–Trinajstić information content (AvgIpc) is 3.18. The van der Waals surface area contributed by atoms with Crippen molar-refractivity contribution in [2.45, 2.75) is 13.3 Å². The lowest BCUT2D eigenvalue weighted by Crippen LogP contribution is -2.15. The Morgan fingerprint density at radius 3 is 2.74 bits per heavy atom. The van der Waals surface area contributed by atoms with E-state index in [2.05, 4.69) is 10.3 Å². The van der Waals surface area contributed by atoms with Crippen LogP contribution in [0.5, 0.6) is 5.75 Å². The summed E-state index contributed by atoms with van der Waals surface area (Å²) in [6.07, 6.45) is 0.173. The van der Waals surface area contributed by atoms with Crippen molar-refractivity contribution in [1.29, 1.82) is 0 Å². The van der Waals surface area contributed by atoms with Crippen molar-refractivity contribution in [3.8, 4) is 16.5 Å². The Bertz CT molecular complexity index is 792. The largest absolute Gasteiger partial charge is 0.497 e. The van der Waals surface area contributed by atoms with Crippen LogP contribution in [-0.2, 0) is 11.2 Å². The zero-order valence-electron chi connectivity index (χ0n) is 12.8. The molecule has 0 bridgehead atoms. The number of oxazole rings is 1. The molecule has 0 aliphatic rings. The molecule has 0 atom stereocenters. The second kappa shape index (κ2) is 6.66. The molecular formula is C17H16N2O3S. The predicted molar refractivity (Wildman–Crippen MR) is 89.9 cm³/mol. The number of amides is 1. The van der Waals surface area contributed by atoms with Crippen LogP contribution < -0.4 is 10.1 Å². The van der Waals surface area contributed by atoms with Gasteiger partial charge in [0.1, 0.15) is 11.5 Å². The Balaban J connectivity index is 1.67. The second-order valence-corrected chi connectivity index (χ2v) is 5.90. The van der Waals surface area contributed by atoms with E-state index in [1.54, 1.807) is 42.7 Å². The number of hydrogen-bond acceptors (Lipinski definition) is 5. The fourth-order valence-electron chi connectivity index (χ4n) is 2.13. The van der Waals surface area contributed by atoms with Crippen molar-refractivity contribution >= 4 is 22.9 Å². The Labute approximate surface area is 137 Å². The van der Waals surface area contributed by atoms with Crippen molar-refractivity contribution in [2.24, 2.45) is 0 Å². The molecular weight excluding hydrogens is 312 g/mol. The van der Waals surface area contributed by atoms with Gasteiger partial charge in [-0.15, -0.1) is 11.3 Å². The standard InChI is InChI=1S/C17H16N2O3S/c1-11-14(19-17(22-11)15-4-3-9-23-15)10-16(20)18-12-5-7-13(21-2)8-6-12/h3-9H,10H2,1-2H3,(H,18,20). The second-order valence-electron chi connectivity index (χ2n) is 4.95. The van der Waals surface area contributed by atoms with E-state index >= 15 is 0 Å². The van der Waals surface area contributed by atoms with E-state index in [1.165, 1.54) is 0 Å². The number of aromatic nitrogens is 1. The summed E-state index contributed by atoms with van der Waals surface area (Å²) in [5, 5.41) is 4.80. The minimum atomic E-state index is -0.135. The normalized spacial score (nSPS) is 10.5. The highest BCUT2D eigenvalue weighted by atomic mass is 32.1. The maximum Gasteiger partial charge on any atom is 0.236 e. The summed E-state index contributed by atoms with van der Waals surface area (Å²) in [5.74, 6) is 1.84. The first kappa shape index (κ1) is 15.3. The van der Waals surface area contributed by atoms with Crippen molar-refractivity contribution < 1.29 is 13.9 Å². The topological polar surface area (TPSA) is 64.4 Å². The number of methoxy groups -OCH3 is 1. The molecule has 3 aromatic rings. The first-order valence-electron chi connectivity index (χ1n) is 7.10. The van der Waals surface area contributed by atoms with Crippen LogP contribution in [0.4, 0.5) is 5.69 Å². The van der Waals surface area contributed by atoms with Crippen LogP contribution in [0.2, 0.25) is 0 Å². The van der Waals surface area contributed by atoms with Crippen molar-refractivity contribution in [3.63, 3.8) is 0 Å². The smallest absolute Gasteiger partial charge is 0.236 e. The number of aryl methyl sites for hydroxylation is 1. The lowest BCUT2D eigenvalue weighted by molar-refractivity contribution is -0.115. The number of rotatable bonds is 5. The van der Waals surface area contributed by atoms with Gasteiger partial charge in [0.05, 0.1) is 24.1 Å². The van der Waals surface area contributed by atoms with E-state index in [4.69, 9.17) is 9.15 Å². The van der Waals surface area contributed by atoms with Crippen LogP contribution in [0.1, 0.15) is 11.5 Å². The average molecular weight is 328 g/mol. The molecule has 6 heteroatoms. The van der Waals surface area contributed by atoms with Crippen LogP contribution >= 0.6 is 11.3 Å². The molecule has 0 spiro atoms. The van der Waals surface area contributed by atoms with Gasteiger partial charge in [-0.1, -0.05) is 6.07 Å². The Kier molecular flexibility index (Phi) is 4.43. The third-order valence-corrected chi connectivity index (χ3v) is 4.18. The van der Waals surface area contributed by atoms with Gasteiger partial charge in [0.15, 0.2) is 0 Å². The van der Waals surface area contributed by atoms with Gasteiger partial charge in [0.2, 0.25) is 11.8 Å². The van der Waals surface area contributed by atoms with Crippen LogP contribution in [0.3, 0.4) is 0 Å². The zero-order valence-corrected chi connectivity index (χ0v) is 13.6. The minimum Gasteiger partial charge on any atom is -0.497 e. The van der Waals surface area contributed by atoms with E-state index in [1.807, 2.05) is 24.4 Å². The molecule has 2 heterocycles. The highest BCUT2D eigenvalue weighted by Gasteiger charge is 2.15. The lowest BCUT2D eigenvalue weighted by atomic mass is 10.2. The summed E-state index contributed by atoms with van der Waals surface area (Å²) in [6.45, 7) is 1.82. The fourth-order valence-corrected chi connectivity index (χ4v) is 2.78. The number of nitrogens with zero attached hydrogens (tertiary/aromatic N) is 1. The molecule has 1 amide bonds. The molecule has 23 heavy (non-hydrogen) atoms. The number of nitrogens with one attached hydrogen (secondary N) is 1. The molecule has 0 saturated carbocycles. The van der Waals surface area contributed by atoms with E-state index in [-0.39, 0.29) is 12.3 Å². The number of ether oxygens (including phenoxy) is 1. The number of anilines is 1. The summed E-state index contributed by atoms with van der Waals surface area (Å²) < 4.78 is 10.7. The van der Waals surface area contributed by atoms with E-state index in [0.29, 0.717) is 17.3 Å². The maximum absolute atomic E-state index is 12.2. The number of benzene rings is 1. The molecule has 1 aromatic carbocycles. The molecule has 3 rings (SSSR count). The first-order valence-corrected chi connectivity index (χ1v) is 7.98. The Morgan fingerprint density at radius 2 is 2.09 bits per heavy atom. The van der Waals surface area contributed by atoms with Crippen molar-refractivity contribution in [2.75, 3.05) is 12.4 Å². The highest BCUT2D eigenvalue weighted by molar-refractivity contribution is 7.13. The fraction of sp³-hybridized carbons (Fsp3) is 0.176. The van der Waals surface area contributed by atoms with Crippen LogP contribution in [0.15, 0.2) is 46.2 Å². The van der Waals surface area contributed by atoms with Crippen LogP contribution in [0, 0.1) is 6.92 Å². The van der Waals surface area contributed by atoms with Gasteiger partial charge in [-0.05, 0) is 42.6 Å². The molecule has 5 nitrogen and oxygen atoms in total. The van der Waals surface area contributed by atoms with Gasteiger partial charge in [-0.25, -0.2) is 4.98 Å². The Morgan fingerprint density at radius 1 is 1.30 bits per heavy atom. The monoisotopic (exact) mass is 328 g/mol. The summed E-state index contributed by atoms with van der Waals surface area (Å²) >= 11 is 1.55. The van der Waals surface area contributed by atoms with E-state index < -0.39 is 0 Å². The summed E-state index contributed by atoms with van der Waals surface area (Å²) in [4.78, 5) is 17.5. The minimum absolute atomic E-state index is 0.135. The van der Waals surface area contributed by atoms with Gasteiger partial charge in [-0.3, -0.25) is 4.79 Å². The molecule has 2 aromatic heterocycles. The van der Waals surface area contributed by atoms with Crippen molar-refractivity contribution in [3.05, 3.63) is 53.2 Å². The van der Waals surface area contributed by atoms with E-state index in [0.717, 1.165) is 16.3 Å². The summed E-state index contributed by atoms with van der Waals surface area (Å²) in [6, 6.07) is 11.1. The lowest BCUT2D eigenvalue weighted by Gasteiger charge is -2.05. The van der Waals surface area contributed by atoms with E-state index in [9.17, 15) is 4.79 Å². The highest BCUT2D eigenvalue weighted by Crippen LogP contribution is 2.26. The molecule has 118 valence electrons. The van der Waals surface area contributed by atoms with Gasteiger partial charge >= 0.3 is 0 Å². The third-order valence-electron chi connectivity index (χ3n) is 3.33. The SMILES string of the molecule is COc1ccc(NC(=O)Cc2nc(-c3cccs3)oc2C)cc1. The van der Waals surface area contributed by atoms with Gasteiger partial charge in [0, 0.05) is 5.69 Å². The van der Waals surface area contributed by atoms with Crippen LogP contribution in [0.25, 0.3) is 10.8 Å². The molecule has 0 aliphatic carbocycles. The molecule has 0 radical (unpaired) electrons. The number of carbonyl (C=O) groups is 1. The third kappa shape index (κ3) is 3.60. The molecule has 0 fully saturated rings. The molecule has 0 unspecified atom stereocenters. The van der Waals surface area contributed by atoms with Crippen LogP contribution in [-0.4, -0.2) is 18.0 Å². The number of thiophene rings is 1. The summed E-state index contributed by atoms with van der Waals surface area (Å²) in [5.41, 5.74) is 1.37. The number of hydrogen-bond donors (Lipinski definition) is 1. The molecule has 1 N–H and O–H groups in total. The quantitative estimate of drug-likeness (QED) is 0.771.